The molecule has 1 aromatic rings. The van der Waals surface area contributed by atoms with Crippen molar-refractivity contribution >= 4 is 11.6 Å². The molecular weight excluding hydrogens is 571 g/mol. The number of rotatable bonds is 9. The maximum atomic E-state index is 13.9. The summed E-state index contributed by atoms with van der Waals surface area (Å²) in [5.74, 6) is -62.1. The standard InChI is InChI=1S/C17H7F17N2O/c18-10(19,9(37)36-8-4-2-1-3-7(8)5-6-35)11(20,21)12(22,23)13(24,25)14(26,27)15(28,29)16(30,31)17(32,33)34/h1-4H,5H2,(H,36,37). The van der Waals surface area contributed by atoms with Crippen LogP contribution >= 0.6 is 0 Å². The highest BCUT2D eigenvalue weighted by Gasteiger charge is 2.95. The molecule has 1 amide bonds. The first kappa shape index (κ1) is 32.0. The first-order chi connectivity index (χ1) is 16.2. The summed E-state index contributed by atoms with van der Waals surface area (Å²) in [4.78, 5) is 11.5. The molecule has 0 aromatic heterocycles. The molecule has 210 valence electrons. The maximum Gasteiger partial charge on any atom is 0.460 e. The second kappa shape index (κ2) is 9.08. The largest absolute Gasteiger partial charge is 0.460 e. The van der Waals surface area contributed by atoms with Gasteiger partial charge in [-0.05, 0) is 11.6 Å². The van der Waals surface area contributed by atoms with Crippen LogP contribution in [0.1, 0.15) is 5.56 Å². The normalized spacial score (nSPS) is 14.8. The Morgan fingerprint density at radius 3 is 1.43 bits per heavy atom. The zero-order chi connectivity index (χ0) is 29.7. The molecule has 1 rings (SSSR count). The third-order valence-electron chi connectivity index (χ3n) is 4.54. The van der Waals surface area contributed by atoms with Gasteiger partial charge >= 0.3 is 53.5 Å². The van der Waals surface area contributed by atoms with E-state index in [1.165, 1.54) is 6.07 Å². The summed E-state index contributed by atoms with van der Waals surface area (Å²) in [6.45, 7) is 0. The van der Waals surface area contributed by atoms with E-state index in [0.29, 0.717) is 6.07 Å². The summed E-state index contributed by atoms with van der Waals surface area (Å²) >= 11 is 0. The van der Waals surface area contributed by atoms with E-state index in [1.807, 2.05) is 0 Å². The van der Waals surface area contributed by atoms with Crippen LogP contribution < -0.4 is 5.32 Å². The Labute approximate surface area is 192 Å². The monoisotopic (exact) mass is 578 g/mol. The molecule has 20 heteroatoms. The molecule has 0 unspecified atom stereocenters. The number of alkyl halides is 17. The third-order valence-corrected chi connectivity index (χ3v) is 4.54. The van der Waals surface area contributed by atoms with Crippen molar-refractivity contribution in [3.8, 4) is 6.07 Å². The molecule has 0 aliphatic heterocycles. The Bertz CT molecular complexity index is 1050. The lowest BCUT2D eigenvalue weighted by Crippen LogP contribution is -2.75. The highest BCUT2D eigenvalue weighted by molar-refractivity contribution is 5.97. The molecule has 0 fully saturated rings. The predicted octanol–water partition coefficient (Wildman–Crippen LogP) is 6.70. The van der Waals surface area contributed by atoms with Crippen LogP contribution in [0.4, 0.5) is 80.3 Å². The Morgan fingerprint density at radius 1 is 0.649 bits per heavy atom. The number of hydrogen-bond donors (Lipinski definition) is 1. The first-order valence-corrected chi connectivity index (χ1v) is 8.67. The lowest BCUT2D eigenvalue weighted by molar-refractivity contribution is -0.459. The van der Waals surface area contributed by atoms with Crippen molar-refractivity contribution in [1.82, 2.24) is 0 Å². The number of halogens is 17. The molecule has 1 N–H and O–H groups in total. The van der Waals surface area contributed by atoms with Gasteiger partial charge in [0.25, 0.3) is 0 Å². The van der Waals surface area contributed by atoms with Crippen molar-refractivity contribution in [2.24, 2.45) is 0 Å². The van der Waals surface area contributed by atoms with Gasteiger partial charge < -0.3 is 5.32 Å². The average molecular weight is 578 g/mol. The molecule has 0 spiro atoms. The molecule has 0 aliphatic rings. The van der Waals surface area contributed by atoms with Crippen LogP contribution in [-0.4, -0.2) is 53.5 Å². The van der Waals surface area contributed by atoms with Crippen LogP contribution in [0.2, 0.25) is 0 Å². The number of nitrogens with one attached hydrogen (secondary N) is 1. The van der Waals surface area contributed by atoms with Crippen molar-refractivity contribution < 1.29 is 79.4 Å². The molecule has 0 saturated carbocycles. The Hall–Kier alpha value is -3.01. The van der Waals surface area contributed by atoms with Crippen LogP contribution in [0.5, 0.6) is 0 Å². The second-order valence-corrected chi connectivity index (χ2v) is 6.96. The van der Waals surface area contributed by atoms with Gasteiger partial charge in [0.2, 0.25) is 0 Å². The first-order valence-electron chi connectivity index (χ1n) is 8.67. The number of hydrogen-bond acceptors (Lipinski definition) is 2. The number of anilines is 1. The van der Waals surface area contributed by atoms with Crippen LogP contribution in [-0.2, 0) is 11.2 Å². The smallest absolute Gasteiger partial charge is 0.320 e. The molecule has 0 heterocycles. The molecule has 37 heavy (non-hydrogen) atoms. The molecule has 1 aromatic carbocycles. The van der Waals surface area contributed by atoms with E-state index >= 15 is 0 Å². The molecule has 0 atom stereocenters. The summed E-state index contributed by atoms with van der Waals surface area (Å²) in [7, 11) is 0. The average Bonchev–Trinajstić information content (AvgIpc) is 2.73. The number of nitriles is 1. The van der Waals surface area contributed by atoms with Gasteiger partial charge in [0.05, 0.1) is 12.5 Å². The van der Waals surface area contributed by atoms with E-state index in [9.17, 15) is 79.4 Å². The van der Waals surface area contributed by atoms with Gasteiger partial charge in [-0.2, -0.15) is 79.9 Å². The SMILES string of the molecule is N#CCc1ccccc1NC(=O)C(F)(F)C(F)(F)C(F)(F)C(F)(F)C(F)(F)C(F)(F)C(F)(F)C(F)(F)F. The summed E-state index contributed by atoms with van der Waals surface area (Å²) in [5.41, 5.74) is -1.49. The van der Waals surface area contributed by atoms with E-state index < -0.39 is 71.2 Å². The topological polar surface area (TPSA) is 52.9 Å². The van der Waals surface area contributed by atoms with Crippen molar-refractivity contribution in [2.75, 3.05) is 5.32 Å². The molecule has 0 aliphatic carbocycles. The fourth-order valence-corrected chi connectivity index (χ4v) is 2.39. The van der Waals surface area contributed by atoms with Gasteiger partial charge in [0.15, 0.2) is 0 Å². The van der Waals surface area contributed by atoms with Crippen molar-refractivity contribution in [1.29, 1.82) is 5.26 Å². The van der Waals surface area contributed by atoms with Gasteiger partial charge in [0.1, 0.15) is 0 Å². The third kappa shape index (κ3) is 4.49. The van der Waals surface area contributed by atoms with Gasteiger partial charge in [-0.15, -0.1) is 0 Å². The van der Waals surface area contributed by atoms with Gasteiger partial charge in [-0.25, -0.2) is 0 Å². The Morgan fingerprint density at radius 2 is 1.03 bits per heavy atom. The maximum absolute atomic E-state index is 13.9. The summed E-state index contributed by atoms with van der Waals surface area (Å²) in [6.07, 6.45) is -8.63. The van der Waals surface area contributed by atoms with Crippen LogP contribution in [0, 0.1) is 11.3 Å². The summed E-state index contributed by atoms with van der Waals surface area (Å²) in [6, 6.07) is 4.71. The minimum absolute atomic E-state index is 0.477. The molecular formula is C17H7F17N2O. The number of carbonyl (C=O) groups excluding carboxylic acids is 1. The molecule has 0 radical (unpaired) electrons. The van der Waals surface area contributed by atoms with E-state index in [0.717, 1.165) is 23.5 Å². The van der Waals surface area contributed by atoms with Crippen molar-refractivity contribution in [3.05, 3.63) is 29.8 Å². The lowest BCUT2D eigenvalue weighted by atomic mass is 9.88. The van der Waals surface area contributed by atoms with Crippen molar-refractivity contribution in [3.63, 3.8) is 0 Å². The van der Waals surface area contributed by atoms with Crippen LogP contribution in [0.25, 0.3) is 0 Å². The Kier molecular flexibility index (Phi) is 7.85. The Balaban J connectivity index is 3.60. The summed E-state index contributed by atoms with van der Waals surface area (Å²) in [5, 5.41) is 9.32. The number of carbonyl (C=O) groups is 1. The number of para-hydroxylation sites is 1. The fraction of sp³-hybridized carbons (Fsp3) is 0.529. The van der Waals surface area contributed by atoms with Crippen molar-refractivity contribution in [2.45, 2.75) is 54.1 Å². The molecule has 0 saturated heterocycles. The zero-order valence-corrected chi connectivity index (χ0v) is 16.8. The number of nitrogens with zero attached hydrogens (tertiary/aromatic N) is 1. The summed E-state index contributed by atoms with van der Waals surface area (Å²) < 4.78 is 225. The quantitative estimate of drug-likeness (QED) is 0.332. The van der Waals surface area contributed by atoms with Gasteiger partial charge in [-0.3, -0.25) is 4.79 Å². The van der Waals surface area contributed by atoms with Crippen LogP contribution in [0.3, 0.4) is 0 Å². The van der Waals surface area contributed by atoms with E-state index in [4.69, 9.17) is 5.26 Å². The lowest BCUT2D eigenvalue weighted by Gasteiger charge is -2.42. The predicted molar refractivity (Wildman–Crippen MR) is 85.1 cm³/mol. The number of amides is 1. The van der Waals surface area contributed by atoms with Gasteiger partial charge in [0, 0.05) is 5.69 Å². The second-order valence-electron chi connectivity index (χ2n) is 6.96. The zero-order valence-electron chi connectivity index (χ0n) is 16.8. The molecule has 3 nitrogen and oxygen atoms in total. The van der Waals surface area contributed by atoms with Gasteiger partial charge in [-0.1, -0.05) is 18.2 Å². The fourth-order valence-electron chi connectivity index (χ4n) is 2.39. The highest BCUT2D eigenvalue weighted by Crippen LogP contribution is 2.64. The minimum atomic E-state index is -8.78. The minimum Gasteiger partial charge on any atom is -0.320 e. The number of benzene rings is 1. The molecule has 0 bridgehead atoms. The van der Waals surface area contributed by atoms with E-state index in [-0.39, 0.29) is 0 Å². The van der Waals surface area contributed by atoms with Crippen LogP contribution in [0.15, 0.2) is 24.3 Å². The van der Waals surface area contributed by atoms with E-state index in [1.54, 1.807) is 0 Å². The van der Waals surface area contributed by atoms with E-state index in [2.05, 4.69) is 0 Å². The highest BCUT2D eigenvalue weighted by atomic mass is 19.4.